The van der Waals surface area contributed by atoms with Gasteiger partial charge in [0.05, 0.1) is 0 Å². The molecule has 1 saturated carbocycles. The van der Waals surface area contributed by atoms with Crippen molar-refractivity contribution in [2.24, 2.45) is 0 Å². The van der Waals surface area contributed by atoms with Crippen LogP contribution in [0.3, 0.4) is 0 Å². The van der Waals surface area contributed by atoms with Gasteiger partial charge in [-0.1, -0.05) is 110 Å². The second-order valence-corrected chi connectivity index (χ2v) is 10.7. The number of rotatable bonds is 6. The summed E-state index contributed by atoms with van der Waals surface area (Å²) in [4.78, 5) is 2.35. The average Bonchev–Trinajstić information content (AvgIpc) is 3.00. The molecule has 0 saturated heterocycles. The zero-order valence-corrected chi connectivity index (χ0v) is 22.3. The number of para-hydroxylation sites is 1. The van der Waals surface area contributed by atoms with Crippen LogP contribution < -0.4 is 4.90 Å². The van der Waals surface area contributed by atoms with Crippen LogP contribution in [0.2, 0.25) is 5.02 Å². The number of benzene rings is 5. The summed E-state index contributed by atoms with van der Waals surface area (Å²) in [6.07, 6.45) is 6.75. The molecule has 2 heteroatoms. The fraction of sp³-hybridized carbons (Fsp3) is 0.167. The van der Waals surface area contributed by atoms with Gasteiger partial charge in [-0.3, -0.25) is 0 Å². The van der Waals surface area contributed by atoms with E-state index < -0.39 is 0 Å². The Hall–Kier alpha value is -3.81. The van der Waals surface area contributed by atoms with Crippen LogP contribution in [0.5, 0.6) is 0 Å². The maximum Gasteiger partial charge on any atom is 0.0462 e. The fourth-order valence-electron chi connectivity index (χ4n) is 5.66. The molecule has 0 spiro atoms. The molecule has 0 atom stereocenters. The Balaban J connectivity index is 1.27. The Morgan fingerprint density at radius 2 is 0.868 bits per heavy atom. The highest BCUT2D eigenvalue weighted by molar-refractivity contribution is 6.30. The summed E-state index contributed by atoms with van der Waals surface area (Å²) in [5.74, 6) is 0.716. The lowest BCUT2D eigenvalue weighted by atomic mass is 9.84. The van der Waals surface area contributed by atoms with Crippen molar-refractivity contribution < 1.29 is 0 Å². The molecule has 188 valence electrons. The van der Waals surface area contributed by atoms with Crippen molar-refractivity contribution in [1.29, 1.82) is 0 Å². The third-order valence-corrected chi connectivity index (χ3v) is 8.02. The summed E-state index contributed by atoms with van der Waals surface area (Å²) < 4.78 is 0. The molecule has 0 radical (unpaired) electrons. The van der Waals surface area contributed by atoms with E-state index in [1.807, 2.05) is 12.1 Å². The number of halogens is 1. The van der Waals surface area contributed by atoms with E-state index in [2.05, 4.69) is 120 Å². The fourth-order valence-corrected chi connectivity index (χ4v) is 5.78. The molecule has 0 aliphatic heterocycles. The van der Waals surface area contributed by atoms with Crippen LogP contribution in [-0.2, 0) is 0 Å². The third-order valence-electron chi connectivity index (χ3n) is 7.76. The minimum atomic E-state index is 0.716. The van der Waals surface area contributed by atoms with E-state index in [4.69, 9.17) is 11.6 Å². The molecule has 6 rings (SSSR count). The molecule has 1 fully saturated rings. The van der Waals surface area contributed by atoms with Crippen LogP contribution in [0.15, 0.2) is 127 Å². The van der Waals surface area contributed by atoms with E-state index in [-0.39, 0.29) is 0 Å². The smallest absolute Gasteiger partial charge is 0.0462 e. The molecule has 0 amide bonds. The van der Waals surface area contributed by atoms with Crippen molar-refractivity contribution in [2.45, 2.75) is 38.0 Å². The van der Waals surface area contributed by atoms with Gasteiger partial charge in [-0.15, -0.1) is 0 Å². The number of anilines is 3. The van der Waals surface area contributed by atoms with E-state index in [9.17, 15) is 0 Å². The lowest BCUT2D eigenvalue weighted by Crippen LogP contribution is -2.10. The zero-order chi connectivity index (χ0) is 25.7. The number of nitrogens with zero attached hydrogens (tertiary/aromatic N) is 1. The number of hydrogen-bond donors (Lipinski definition) is 0. The van der Waals surface area contributed by atoms with Crippen LogP contribution in [0.1, 0.15) is 43.6 Å². The van der Waals surface area contributed by atoms with Crippen molar-refractivity contribution >= 4 is 28.7 Å². The van der Waals surface area contributed by atoms with Crippen LogP contribution in [0.4, 0.5) is 17.1 Å². The van der Waals surface area contributed by atoms with Gasteiger partial charge in [0.2, 0.25) is 0 Å². The Morgan fingerprint density at radius 3 is 1.39 bits per heavy atom. The molecule has 0 N–H and O–H groups in total. The topological polar surface area (TPSA) is 3.24 Å². The van der Waals surface area contributed by atoms with Gasteiger partial charge in [-0.05, 0) is 95.1 Å². The first-order chi connectivity index (χ1) is 18.7. The molecule has 38 heavy (non-hydrogen) atoms. The van der Waals surface area contributed by atoms with E-state index in [1.165, 1.54) is 65.6 Å². The van der Waals surface area contributed by atoms with E-state index in [0.29, 0.717) is 5.92 Å². The molecule has 1 nitrogen and oxygen atoms in total. The van der Waals surface area contributed by atoms with Crippen molar-refractivity contribution in [3.05, 3.63) is 138 Å². The molecule has 1 aliphatic carbocycles. The maximum absolute atomic E-state index is 6.05. The minimum absolute atomic E-state index is 0.716. The average molecular weight is 514 g/mol. The Kier molecular flexibility index (Phi) is 7.29. The van der Waals surface area contributed by atoms with Gasteiger partial charge < -0.3 is 4.90 Å². The number of hydrogen-bond acceptors (Lipinski definition) is 1. The first-order valence-corrected chi connectivity index (χ1v) is 14.0. The van der Waals surface area contributed by atoms with Gasteiger partial charge in [0.15, 0.2) is 0 Å². The van der Waals surface area contributed by atoms with Gasteiger partial charge >= 0.3 is 0 Å². The summed E-state index contributed by atoms with van der Waals surface area (Å²) in [5, 5.41) is 0.759. The van der Waals surface area contributed by atoms with E-state index in [1.54, 1.807) is 0 Å². The van der Waals surface area contributed by atoms with Crippen molar-refractivity contribution in [2.75, 3.05) is 4.90 Å². The molecular weight excluding hydrogens is 482 g/mol. The van der Waals surface area contributed by atoms with Gasteiger partial charge in [-0.25, -0.2) is 0 Å². The van der Waals surface area contributed by atoms with Crippen molar-refractivity contribution in [3.63, 3.8) is 0 Å². The second kappa shape index (κ2) is 11.3. The Morgan fingerprint density at radius 1 is 0.447 bits per heavy atom. The zero-order valence-electron chi connectivity index (χ0n) is 21.6. The molecule has 0 heterocycles. The molecule has 5 aromatic carbocycles. The highest BCUT2D eigenvalue weighted by atomic mass is 35.5. The highest BCUT2D eigenvalue weighted by Crippen LogP contribution is 2.38. The normalized spacial score (nSPS) is 13.8. The largest absolute Gasteiger partial charge is 0.311 e. The molecule has 0 bridgehead atoms. The SMILES string of the molecule is Clc1ccc(-c2ccc(-c3ccc(N(c4ccccc4)c4ccc(C5CCCCC5)cc4)cc3)cc2)cc1. The van der Waals surface area contributed by atoms with Gasteiger partial charge in [0.25, 0.3) is 0 Å². The summed E-state index contributed by atoms with van der Waals surface area (Å²) in [5.41, 5.74) is 9.77. The second-order valence-electron chi connectivity index (χ2n) is 10.2. The summed E-state index contributed by atoms with van der Waals surface area (Å²) in [6, 6.07) is 45.5. The third kappa shape index (κ3) is 5.39. The summed E-state index contributed by atoms with van der Waals surface area (Å²) in [7, 11) is 0. The van der Waals surface area contributed by atoms with Crippen molar-refractivity contribution in [3.8, 4) is 22.3 Å². The predicted molar refractivity (Wildman–Crippen MR) is 163 cm³/mol. The van der Waals surface area contributed by atoms with Crippen LogP contribution in [-0.4, -0.2) is 0 Å². The first kappa shape index (κ1) is 24.5. The molecule has 1 aliphatic rings. The van der Waals surface area contributed by atoms with Gasteiger partial charge in [0.1, 0.15) is 0 Å². The predicted octanol–water partition coefficient (Wildman–Crippen LogP) is 11.2. The lowest BCUT2D eigenvalue weighted by molar-refractivity contribution is 0.443. The highest BCUT2D eigenvalue weighted by Gasteiger charge is 2.17. The van der Waals surface area contributed by atoms with Crippen LogP contribution in [0.25, 0.3) is 22.3 Å². The summed E-state index contributed by atoms with van der Waals surface area (Å²) >= 11 is 6.05. The molecule has 5 aromatic rings. The van der Waals surface area contributed by atoms with E-state index in [0.717, 1.165) is 16.4 Å². The van der Waals surface area contributed by atoms with E-state index >= 15 is 0 Å². The quantitative estimate of drug-likeness (QED) is 0.218. The minimum Gasteiger partial charge on any atom is -0.311 e. The first-order valence-electron chi connectivity index (χ1n) is 13.7. The molecular formula is C36H32ClN. The standard InChI is InChI=1S/C36H32ClN/c37-33-21-15-30(16-22-33)28-11-13-29(14-12-28)32-19-25-36(26-20-32)38(34-9-5-2-6-10-34)35-23-17-31(18-24-35)27-7-3-1-4-8-27/h2,5-6,9-27H,1,3-4,7-8H2. The van der Waals surface area contributed by atoms with Crippen molar-refractivity contribution in [1.82, 2.24) is 0 Å². The molecule has 0 unspecified atom stereocenters. The monoisotopic (exact) mass is 513 g/mol. The molecule has 0 aromatic heterocycles. The summed E-state index contributed by atoms with van der Waals surface area (Å²) in [6.45, 7) is 0. The Bertz CT molecular complexity index is 1450. The maximum atomic E-state index is 6.05. The lowest BCUT2D eigenvalue weighted by Gasteiger charge is -2.27. The van der Waals surface area contributed by atoms with Crippen LogP contribution >= 0.6 is 11.6 Å². The van der Waals surface area contributed by atoms with Crippen LogP contribution in [0, 0.1) is 0 Å². The van der Waals surface area contributed by atoms with Gasteiger partial charge in [0, 0.05) is 22.1 Å². The van der Waals surface area contributed by atoms with Gasteiger partial charge in [-0.2, -0.15) is 0 Å². The Labute approximate surface area is 231 Å².